The van der Waals surface area contributed by atoms with Crippen LogP contribution < -0.4 is 0 Å². The summed E-state index contributed by atoms with van der Waals surface area (Å²) in [6.07, 6.45) is 13.2. The summed E-state index contributed by atoms with van der Waals surface area (Å²) in [5.74, 6) is 0. The molecule has 0 radical (unpaired) electrons. The third kappa shape index (κ3) is 1.10. The second-order valence-electron chi connectivity index (χ2n) is 2.51. The van der Waals surface area contributed by atoms with Crippen molar-refractivity contribution in [1.82, 2.24) is 0 Å². The van der Waals surface area contributed by atoms with E-state index in [1.807, 2.05) is 24.3 Å². The zero-order valence-corrected chi connectivity index (χ0v) is 6.09. The Balaban J connectivity index is 2.85. The number of allylic oxidation sites excluding steroid dienone is 6. The molecule has 0 saturated heterocycles. The Kier molecular flexibility index (Phi) is 1.91. The van der Waals surface area contributed by atoms with Crippen LogP contribution in [0.15, 0.2) is 49.6 Å². The van der Waals surface area contributed by atoms with Gasteiger partial charge in [0.1, 0.15) is 0 Å². The zero-order chi connectivity index (χ0) is 7.45. The minimum absolute atomic E-state index is 0.0226. The van der Waals surface area contributed by atoms with E-state index >= 15 is 0 Å². The fourth-order valence-corrected chi connectivity index (χ4v) is 1.04. The van der Waals surface area contributed by atoms with Crippen molar-refractivity contribution in [2.24, 2.45) is 5.41 Å². The first-order valence-electron chi connectivity index (χ1n) is 3.44. The van der Waals surface area contributed by atoms with Crippen molar-refractivity contribution in [3.63, 3.8) is 0 Å². The highest BCUT2D eigenvalue weighted by atomic mass is 14.2. The van der Waals surface area contributed by atoms with Gasteiger partial charge in [0.2, 0.25) is 0 Å². The zero-order valence-electron chi connectivity index (χ0n) is 6.09. The topological polar surface area (TPSA) is 0 Å². The Bertz CT molecular complexity index is 186. The first kappa shape index (κ1) is 7.07. The molecule has 0 aromatic carbocycles. The van der Waals surface area contributed by atoms with Gasteiger partial charge in [-0.05, 0) is 6.42 Å². The first-order chi connectivity index (χ1) is 4.83. The standard InChI is InChI=1S/C10H12/c1-3-10(4-2)8-6-5-7-9-10/h3-8H,1-2,9H2. The molecule has 0 N–H and O–H groups in total. The lowest BCUT2D eigenvalue weighted by atomic mass is 9.82. The average molecular weight is 132 g/mol. The van der Waals surface area contributed by atoms with Crippen LogP contribution in [-0.4, -0.2) is 0 Å². The summed E-state index contributed by atoms with van der Waals surface area (Å²) in [4.78, 5) is 0. The SMILES string of the molecule is C=CC1(C=C)C=CC=CC1. The van der Waals surface area contributed by atoms with Crippen LogP contribution in [0.4, 0.5) is 0 Å². The maximum Gasteiger partial charge on any atom is 0.0274 e. The molecule has 0 bridgehead atoms. The van der Waals surface area contributed by atoms with Crippen molar-refractivity contribution < 1.29 is 0 Å². The van der Waals surface area contributed by atoms with Crippen LogP contribution >= 0.6 is 0 Å². The van der Waals surface area contributed by atoms with E-state index in [0.29, 0.717) is 0 Å². The van der Waals surface area contributed by atoms with Gasteiger partial charge in [-0.25, -0.2) is 0 Å². The molecule has 52 valence electrons. The molecule has 0 aromatic heterocycles. The molecule has 10 heavy (non-hydrogen) atoms. The van der Waals surface area contributed by atoms with E-state index in [9.17, 15) is 0 Å². The van der Waals surface area contributed by atoms with E-state index in [2.05, 4.69) is 25.3 Å². The number of hydrogen-bond donors (Lipinski definition) is 0. The van der Waals surface area contributed by atoms with Crippen LogP contribution in [0.2, 0.25) is 0 Å². The highest BCUT2D eigenvalue weighted by molar-refractivity contribution is 5.26. The molecule has 0 unspecified atom stereocenters. The maximum atomic E-state index is 3.77. The van der Waals surface area contributed by atoms with E-state index in [1.54, 1.807) is 0 Å². The van der Waals surface area contributed by atoms with E-state index in [1.165, 1.54) is 0 Å². The highest BCUT2D eigenvalue weighted by Crippen LogP contribution is 2.29. The van der Waals surface area contributed by atoms with Crippen molar-refractivity contribution in [2.45, 2.75) is 6.42 Å². The van der Waals surface area contributed by atoms with E-state index in [0.717, 1.165) is 6.42 Å². The summed E-state index contributed by atoms with van der Waals surface area (Å²) in [6, 6.07) is 0. The van der Waals surface area contributed by atoms with Gasteiger partial charge in [-0.3, -0.25) is 0 Å². The molecule has 0 heterocycles. The molecular weight excluding hydrogens is 120 g/mol. The quantitative estimate of drug-likeness (QED) is 0.507. The summed E-state index contributed by atoms with van der Waals surface area (Å²) >= 11 is 0. The van der Waals surface area contributed by atoms with Gasteiger partial charge in [-0.1, -0.05) is 36.5 Å². The molecular formula is C10H12. The van der Waals surface area contributed by atoms with E-state index < -0.39 is 0 Å². The Morgan fingerprint density at radius 1 is 1.20 bits per heavy atom. The van der Waals surface area contributed by atoms with Crippen LogP contribution in [-0.2, 0) is 0 Å². The minimum atomic E-state index is 0.0226. The normalized spacial score (nSPS) is 20.4. The lowest BCUT2D eigenvalue weighted by Crippen LogP contribution is -2.10. The first-order valence-corrected chi connectivity index (χ1v) is 3.44. The monoisotopic (exact) mass is 132 g/mol. The summed E-state index contributed by atoms with van der Waals surface area (Å²) in [5.41, 5.74) is 0.0226. The Morgan fingerprint density at radius 2 is 1.90 bits per heavy atom. The lowest BCUT2D eigenvalue weighted by molar-refractivity contribution is 0.638. The lowest BCUT2D eigenvalue weighted by Gasteiger charge is -2.22. The van der Waals surface area contributed by atoms with Crippen LogP contribution in [0.5, 0.6) is 0 Å². The minimum Gasteiger partial charge on any atom is -0.102 e. The number of hydrogen-bond acceptors (Lipinski definition) is 0. The molecule has 0 amide bonds. The van der Waals surface area contributed by atoms with Gasteiger partial charge in [0.15, 0.2) is 0 Å². The smallest absolute Gasteiger partial charge is 0.0274 e. The molecule has 0 saturated carbocycles. The van der Waals surface area contributed by atoms with Crippen LogP contribution in [0.25, 0.3) is 0 Å². The fraction of sp³-hybridized carbons (Fsp3) is 0.200. The predicted octanol–water partition coefficient (Wildman–Crippen LogP) is 2.86. The van der Waals surface area contributed by atoms with Crippen molar-refractivity contribution in [3.8, 4) is 0 Å². The molecule has 1 aliphatic rings. The van der Waals surface area contributed by atoms with Crippen LogP contribution in [0.3, 0.4) is 0 Å². The molecule has 1 rings (SSSR count). The molecule has 0 aliphatic heterocycles. The van der Waals surface area contributed by atoms with Gasteiger partial charge in [-0.2, -0.15) is 0 Å². The molecule has 0 nitrogen and oxygen atoms in total. The molecule has 0 atom stereocenters. The Morgan fingerprint density at radius 3 is 2.20 bits per heavy atom. The summed E-state index contributed by atoms with van der Waals surface area (Å²) in [7, 11) is 0. The average Bonchev–Trinajstić information content (AvgIpc) is 2.06. The molecule has 0 fully saturated rings. The second kappa shape index (κ2) is 2.70. The largest absolute Gasteiger partial charge is 0.102 e. The van der Waals surface area contributed by atoms with Crippen LogP contribution in [0.1, 0.15) is 6.42 Å². The second-order valence-corrected chi connectivity index (χ2v) is 2.51. The molecule has 0 aromatic rings. The molecule has 0 heteroatoms. The summed E-state index contributed by atoms with van der Waals surface area (Å²) in [5, 5.41) is 0. The van der Waals surface area contributed by atoms with E-state index in [4.69, 9.17) is 0 Å². The molecule has 1 aliphatic carbocycles. The van der Waals surface area contributed by atoms with Crippen molar-refractivity contribution in [2.75, 3.05) is 0 Å². The highest BCUT2D eigenvalue weighted by Gasteiger charge is 2.17. The maximum absolute atomic E-state index is 3.77. The van der Waals surface area contributed by atoms with Gasteiger partial charge in [0.25, 0.3) is 0 Å². The van der Waals surface area contributed by atoms with Crippen molar-refractivity contribution >= 4 is 0 Å². The van der Waals surface area contributed by atoms with Crippen LogP contribution in [0, 0.1) is 5.41 Å². The van der Waals surface area contributed by atoms with Gasteiger partial charge in [-0.15, -0.1) is 13.2 Å². The summed E-state index contributed by atoms with van der Waals surface area (Å²) in [6.45, 7) is 7.54. The fourth-order valence-electron chi connectivity index (χ4n) is 1.04. The Hall–Kier alpha value is -1.04. The van der Waals surface area contributed by atoms with Crippen molar-refractivity contribution in [1.29, 1.82) is 0 Å². The third-order valence-corrected chi connectivity index (χ3v) is 1.89. The van der Waals surface area contributed by atoms with Crippen molar-refractivity contribution in [3.05, 3.63) is 49.6 Å². The molecule has 0 spiro atoms. The number of rotatable bonds is 2. The van der Waals surface area contributed by atoms with Gasteiger partial charge in [0, 0.05) is 5.41 Å². The third-order valence-electron chi connectivity index (χ3n) is 1.89. The van der Waals surface area contributed by atoms with Gasteiger partial charge in [0.05, 0.1) is 0 Å². The van der Waals surface area contributed by atoms with E-state index in [-0.39, 0.29) is 5.41 Å². The van der Waals surface area contributed by atoms with Gasteiger partial charge < -0.3 is 0 Å². The predicted molar refractivity (Wildman–Crippen MR) is 45.7 cm³/mol. The Labute approximate surface area is 62.3 Å². The van der Waals surface area contributed by atoms with Gasteiger partial charge >= 0.3 is 0 Å². The summed E-state index contributed by atoms with van der Waals surface area (Å²) < 4.78 is 0.